The van der Waals surface area contributed by atoms with Gasteiger partial charge in [0.2, 0.25) is 0 Å². The highest BCUT2D eigenvalue weighted by Gasteiger charge is 2.16. The number of phenolic OH excluding ortho intramolecular Hbond substituents is 1. The molecule has 0 saturated carbocycles. The molecule has 0 saturated heterocycles. The summed E-state index contributed by atoms with van der Waals surface area (Å²) in [6, 6.07) is 9.58. The minimum atomic E-state index is -0.820. The smallest absolute Gasteiger partial charge is 0.269 e. The molecule has 1 unspecified atom stereocenters. The van der Waals surface area contributed by atoms with Gasteiger partial charge in [-0.2, -0.15) is 0 Å². The van der Waals surface area contributed by atoms with Gasteiger partial charge in [0, 0.05) is 29.8 Å². The standard InChI is InChI=1S/C19H23N3O5.ClH/c1-19(2,3)20-11-17(24)13-6-9-16(23)15(10-13)21-18(25)12-4-7-14(8-5-12)22(26)27;/h4-10,17,20,23-24H,11H2,1-3H3,(H,21,25);1H. The normalized spacial score (nSPS) is 12.0. The maximum atomic E-state index is 12.3. The number of aliphatic hydroxyl groups is 1. The average Bonchev–Trinajstić information content (AvgIpc) is 2.61. The van der Waals surface area contributed by atoms with Gasteiger partial charge in [-0.3, -0.25) is 14.9 Å². The zero-order valence-electron chi connectivity index (χ0n) is 15.8. The number of halogens is 1. The van der Waals surface area contributed by atoms with E-state index in [9.17, 15) is 25.1 Å². The van der Waals surface area contributed by atoms with Crippen molar-refractivity contribution in [1.29, 1.82) is 0 Å². The van der Waals surface area contributed by atoms with Crippen molar-refractivity contribution in [2.45, 2.75) is 32.4 Å². The lowest BCUT2D eigenvalue weighted by Crippen LogP contribution is -2.38. The highest BCUT2D eigenvalue weighted by molar-refractivity contribution is 6.05. The Hall–Kier alpha value is -2.68. The van der Waals surface area contributed by atoms with Gasteiger partial charge in [-0.1, -0.05) is 6.07 Å². The molecule has 4 N–H and O–H groups in total. The number of phenols is 1. The maximum Gasteiger partial charge on any atom is 0.269 e. The van der Waals surface area contributed by atoms with E-state index in [1.165, 1.54) is 36.4 Å². The summed E-state index contributed by atoms with van der Waals surface area (Å²) in [6.45, 7) is 6.25. The summed E-state index contributed by atoms with van der Waals surface area (Å²) in [5, 5.41) is 36.7. The molecular formula is C19H24ClN3O5. The van der Waals surface area contributed by atoms with Crippen LogP contribution < -0.4 is 10.6 Å². The average molecular weight is 410 g/mol. The number of rotatable bonds is 6. The molecule has 1 atom stereocenters. The number of carbonyl (C=O) groups excluding carboxylic acids is 1. The van der Waals surface area contributed by atoms with E-state index in [1.807, 2.05) is 20.8 Å². The van der Waals surface area contributed by atoms with Crippen LogP contribution in [0.2, 0.25) is 0 Å². The summed E-state index contributed by atoms with van der Waals surface area (Å²) < 4.78 is 0. The summed E-state index contributed by atoms with van der Waals surface area (Å²) in [5.74, 6) is -0.676. The molecule has 28 heavy (non-hydrogen) atoms. The molecule has 152 valence electrons. The SMILES string of the molecule is CC(C)(C)NCC(O)c1ccc(O)c(NC(=O)c2ccc([N+](=O)[O-])cc2)c1.Cl. The third kappa shape index (κ3) is 6.49. The molecule has 0 spiro atoms. The molecule has 9 heteroatoms. The third-order valence-electron chi connectivity index (χ3n) is 3.82. The number of aliphatic hydroxyl groups excluding tert-OH is 1. The van der Waals surface area contributed by atoms with Gasteiger partial charge in [-0.15, -0.1) is 12.4 Å². The predicted octanol–water partition coefficient (Wildman–Crippen LogP) is 3.40. The molecule has 8 nitrogen and oxygen atoms in total. The lowest BCUT2D eigenvalue weighted by molar-refractivity contribution is -0.384. The Kier molecular flexibility index (Phi) is 7.92. The van der Waals surface area contributed by atoms with Gasteiger partial charge < -0.3 is 20.8 Å². The second-order valence-electron chi connectivity index (χ2n) is 7.18. The number of amides is 1. The second kappa shape index (κ2) is 9.50. The first-order valence-electron chi connectivity index (χ1n) is 8.38. The van der Waals surface area contributed by atoms with Crippen LogP contribution in [0.4, 0.5) is 11.4 Å². The molecule has 0 bridgehead atoms. The Bertz CT molecular complexity index is 834. The lowest BCUT2D eigenvalue weighted by Gasteiger charge is -2.23. The van der Waals surface area contributed by atoms with Crippen molar-refractivity contribution in [3.63, 3.8) is 0 Å². The van der Waals surface area contributed by atoms with Crippen LogP contribution in [-0.2, 0) is 0 Å². The minimum absolute atomic E-state index is 0. The number of aromatic hydroxyl groups is 1. The summed E-state index contributed by atoms with van der Waals surface area (Å²) in [7, 11) is 0. The molecule has 0 heterocycles. The highest BCUT2D eigenvalue weighted by Crippen LogP contribution is 2.28. The van der Waals surface area contributed by atoms with Crippen LogP contribution in [0.3, 0.4) is 0 Å². The number of benzene rings is 2. The van der Waals surface area contributed by atoms with Gasteiger partial charge in [0.1, 0.15) is 5.75 Å². The maximum absolute atomic E-state index is 12.3. The van der Waals surface area contributed by atoms with E-state index in [2.05, 4.69) is 10.6 Å². The third-order valence-corrected chi connectivity index (χ3v) is 3.82. The highest BCUT2D eigenvalue weighted by atomic mass is 35.5. The van der Waals surface area contributed by atoms with Crippen molar-refractivity contribution in [2.75, 3.05) is 11.9 Å². The first kappa shape index (κ1) is 23.4. The van der Waals surface area contributed by atoms with E-state index >= 15 is 0 Å². The van der Waals surface area contributed by atoms with Crippen molar-refractivity contribution >= 4 is 29.7 Å². The monoisotopic (exact) mass is 409 g/mol. The topological polar surface area (TPSA) is 125 Å². The van der Waals surface area contributed by atoms with Crippen LogP contribution in [-0.4, -0.2) is 33.1 Å². The van der Waals surface area contributed by atoms with Crippen molar-refractivity contribution in [3.8, 4) is 5.75 Å². The van der Waals surface area contributed by atoms with E-state index in [1.54, 1.807) is 6.07 Å². The van der Waals surface area contributed by atoms with Gasteiger partial charge in [-0.05, 0) is 50.6 Å². The Labute approximate surface area is 169 Å². The second-order valence-corrected chi connectivity index (χ2v) is 7.18. The molecule has 0 aliphatic heterocycles. The summed E-state index contributed by atoms with van der Waals surface area (Å²) >= 11 is 0. The van der Waals surface area contributed by atoms with Crippen LogP contribution >= 0.6 is 12.4 Å². The molecule has 0 fully saturated rings. The number of nitrogens with one attached hydrogen (secondary N) is 2. The van der Waals surface area contributed by atoms with Crippen molar-refractivity contribution < 1.29 is 19.9 Å². The largest absolute Gasteiger partial charge is 0.506 e. The number of carbonyl (C=O) groups is 1. The summed E-state index contributed by atoms with van der Waals surface area (Å²) in [4.78, 5) is 22.4. The number of hydrogen-bond acceptors (Lipinski definition) is 6. The number of hydrogen-bond donors (Lipinski definition) is 4. The Balaban J connectivity index is 0.00000392. The molecule has 0 aromatic heterocycles. The lowest BCUT2D eigenvalue weighted by atomic mass is 10.0. The number of nitro benzene ring substituents is 1. The fourth-order valence-electron chi connectivity index (χ4n) is 2.31. The predicted molar refractivity (Wildman–Crippen MR) is 109 cm³/mol. The number of β-amino-alcohol motifs (C(OH)–C–C–N with tert-alkyl or cyclic N) is 1. The molecule has 2 aromatic rings. The van der Waals surface area contributed by atoms with E-state index in [-0.39, 0.29) is 40.6 Å². The minimum Gasteiger partial charge on any atom is -0.506 e. The molecule has 2 aromatic carbocycles. The van der Waals surface area contributed by atoms with Gasteiger partial charge >= 0.3 is 0 Å². The van der Waals surface area contributed by atoms with E-state index in [4.69, 9.17) is 0 Å². The van der Waals surface area contributed by atoms with E-state index < -0.39 is 16.9 Å². The van der Waals surface area contributed by atoms with Crippen LogP contribution in [0.25, 0.3) is 0 Å². The first-order chi connectivity index (χ1) is 12.6. The van der Waals surface area contributed by atoms with Crippen LogP contribution in [0.5, 0.6) is 5.75 Å². The quantitative estimate of drug-likeness (QED) is 0.329. The van der Waals surface area contributed by atoms with E-state index in [0.717, 1.165) is 0 Å². The Morgan fingerprint density at radius 3 is 2.32 bits per heavy atom. The van der Waals surface area contributed by atoms with Crippen molar-refractivity contribution in [1.82, 2.24) is 5.32 Å². The fraction of sp³-hybridized carbons (Fsp3) is 0.316. The number of nitro groups is 1. The van der Waals surface area contributed by atoms with Crippen molar-refractivity contribution in [2.24, 2.45) is 0 Å². The van der Waals surface area contributed by atoms with Gasteiger partial charge in [0.05, 0.1) is 16.7 Å². The van der Waals surface area contributed by atoms with Crippen LogP contribution in [0, 0.1) is 10.1 Å². The number of non-ortho nitro benzene ring substituents is 1. The number of nitrogens with zero attached hydrogens (tertiary/aromatic N) is 1. The van der Waals surface area contributed by atoms with Gasteiger partial charge in [-0.25, -0.2) is 0 Å². The molecular weight excluding hydrogens is 386 g/mol. The zero-order valence-corrected chi connectivity index (χ0v) is 16.6. The molecule has 0 aliphatic carbocycles. The fourth-order valence-corrected chi connectivity index (χ4v) is 2.31. The first-order valence-corrected chi connectivity index (χ1v) is 8.38. The summed E-state index contributed by atoms with van der Waals surface area (Å²) in [6.07, 6.45) is -0.820. The molecule has 0 radical (unpaired) electrons. The van der Waals surface area contributed by atoms with Crippen molar-refractivity contribution in [3.05, 3.63) is 63.7 Å². The molecule has 1 amide bonds. The van der Waals surface area contributed by atoms with Gasteiger partial charge in [0.15, 0.2) is 0 Å². The molecule has 2 rings (SSSR count). The number of anilines is 1. The summed E-state index contributed by atoms with van der Waals surface area (Å²) in [5.41, 5.74) is 0.602. The Morgan fingerprint density at radius 1 is 1.18 bits per heavy atom. The molecule has 0 aliphatic rings. The van der Waals surface area contributed by atoms with Crippen LogP contribution in [0.1, 0.15) is 42.8 Å². The van der Waals surface area contributed by atoms with Crippen LogP contribution in [0.15, 0.2) is 42.5 Å². The Morgan fingerprint density at radius 2 is 1.79 bits per heavy atom. The van der Waals surface area contributed by atoms with Gasteiger partial charge in [0.25, 0.3) is 11.6 Å². The van der Waals surface area contributed by atoms with E-state index in [0.29, 0.717) is 12.1 Å². The zero-order chi connectivity index (χ0) is 20.2.